The van der Waals surface area contributed by atoms with Crippen LogP contribution in [0.1, 0.15) is 64.7 Å². The first-order chi connectivity index (χ1) is 10.3. The molecule has 0 radical (unpaired) electrons. The topological polar surface area (TPSA) is 39.1 Å². The fraction of sp³-hybridized carbons (Fsp3) is 0.944. The zero-order valence-electron chi connectivity index (χ0n) is 13.6. The van der Waals surface area contributed by atoms with E-state index in [0.29, 0.717) is 12.0 Å². The highest BCUT2D eigenvalue weighted by Gasteiger charge is 2.45. The maximum absolute atomic E-state index is 9.75. The Labute approximate surface area is 130 Å². The summed E-state index contributed by atoms with van der Waals surface area (Å²) in [7, 11) is 0. The zero-order valence-corrected chi connectivity index (χ0v) is 13.6. The van der Waals surface area contributed by atoms with Gasteiger partial charge in [0.2, 0.25) is 0 Å². The van der Waals surface area contributed by atoms with Crippen LogP contribution in [0.2, 0.25) is 0 Å². The van der Waals surface area contributed by atoms with Crippen molar-refractivity contribution in [3.05, 3.63) is 0 Å². The maximum atomic E-state index is 9.75. The molecule has 3 nitrogen and oxygen atoms in total. The van der Waals surface area contributed by atoms with Gasteiger partial charge in [-0.3, -0.25) is 5.32 Å². The molecular weight excluding hydrogens is 258 g/mol. The minimum absolute atomic E-state index is 0.197. The fourth-order valence-electron chi connectivity index (χ4n) is 4.19. The number of rotatable bonds is 8. The summed E-state index contributed by atoms with van der Waals surface area (Å²) in [5.74, 6) is 1.53. The molecule has 0 amide bonds. The number of hydrogen-bond acceptors (Lipinski definition) is 3. The average molecular weight is 289 g/mol. The molecule has 3 heteroatoms. The first-order valence-electron chi connectivity index (χ1n) is 9.17. The number of nitrogens with zero attached hydrogens (tertiary/aromatic N) is 2. The van der Waals surface area contributed by atoms with Gasteiger partial charge in [0.15, 0.2) is 0 Å². The van der Waals surface area contributed by atoms with Crippen LogP contribution >= 0.6 is 0 Å². The molecule has 118 valence electrons. The van der Waals surface area contributed by atoms with E-state index in [1.807, 2.05) is 0 Å². The Kier molecular flexibility index (Phi) is 4.86. The van der Waals surface area contributed by atoms with E-state index in [1.54, 1.807) is 0 Å². The van der Waals surface area contributed by atoms with Crippen molar-refractivity contribution in [2.75, 3.05) is 19.6 Å². The van der Waals surface area contributed by atoms with Crippen molar-refractivity contribution in [2.45, 2.75) is 76.3 Å². The number of nitriles is 1. The van der Waals surface area contributed by atoms with Crippen LogP contribution in [-0.2, 0) is 0 Å². The van der Waals surface area contributed by atoms with Gasteiger partial charge in [0.1, 0.15) is 5.54 Å². The molecule has 0 heterocycles. The largest absolute Gasteiger partial charge is 0.303 e. The Morgan fingerprint density at radius 1 is 1.19 bits per heavy atom. The van der Waals surface area contributed by atoms with Gasteiger partial charge in [-0.05, 0) is 69.9 Å². The van der Waals surface area contributed by atoms with E-state index in [0.717, 1.165) is 12.3 Å². The third kappa shape index (κ3) is 3.60. The normalized spacial score (nSPS) is 33.1. The molecule has 0 aliphatic heterocycles. The summed E-state index contributed by atoms with van der Waals surface area (Å²) in [6, 6.07) is 3.32. The summed E-state index contributed by atoms with van der Waals surface area (Å²) >= 11 is 0. The molecule has 0 saturated heterocycles. The van der Waals surface area contributed by atoms with Gasteiger partial charge in [-0.1, -0.05) is 19.8 Å². The molecule has 3 rings (SSSR count). The Morgan fingerprint density at radius 3 is 2.57 bits per heavy atom. The van der Waals surface area contributed by atoms with Gasteiger partial charge in [0.25, 0.3) is 0 Å². The quantitative estimate of drug-likeness (QED) is 0.745. The van der Waals surface area contributed by atoms with Crippen molar-refractivity contribution in [3.63, 3.8) is 0 Å². The lowest BCUT2D eigenvalue weighted by atomic mass is 9.84. The van der Waals surface area contributed by atoms with Crippen LogP contribution in [-0.4, -0.2) is 36.1 Å². The predicted molar refractivity (Wildman–Crippen MR) is 85.9 cm³/mol. The van der Waals surface area contributed by atoms with Crippen molar-refractivity contribution in [2.24, 2.45) is 11.8 Å². The van der Waals surface area contributed by atoms with E-state index in [9.17, 15) is 5.26 Å². The lowest BCUT2D eigenvalue weighted by molar-refractivity contribution is 0.166. The van der Waals surface area contributed by atoms with Crippen molar-refractivity contribution >= 4 is 0 Å². The molecular formula is C18H31N3. The van der Waals surface area contributed by atoms with Gasteiger partial charge in [0, 0.05) is 12.6 Å². The molecule has 21 heavy (non-hydrogen) atoms. The van der Waals surface area contributed by atoms with Gasteiger partial charge in [0.05, 0.1) is 6.07 Å². The van der Waals surface area contributed by atoms with Crippen molar-refractivity contribution < 1.29 is 0 Å². The van der Waals surface area contributed by atoms with Gasteiger partial charge < -0.3 is 4.90 Å². The predicted octanol–water partition coefficient (Wildman–Crippen LogP) is 3.31. The molecule has 3 aliphatic carbocycles. The monoisotopic (exact) mass is 289 g/mol. The Bertz CT molecular complexity index is 380. The molecule has 0 aromatic rings. The highest BCUT2D eigenvalue weighted by atomic mass is 15.1. The van der Waals surface area contributed by atoms with Gasteiger partial charge >= 0.3 is 0 Å². The molecule has 0 spiro atoms. The van der Waals surface area contributed by atoms with E-state index >= 15 is 0 Å². The summed E-state index contributed by atoms with van der Waals surface area (Å²) in [6.45, 7) is 5.93. The second kappa shape index (κ2) is 6.67. The third-order valence-electron chi connectivity index (χ3n) is 6.04. The molecule has 0 bridgehead atoms. The minimum atomic E-state index is -0.197. The molecule has 3 aliphatic rings. The van der Waals surface area contributed by atoms with Crippen molar-refractivity contribution in [1.82, 2.24) is 10.2 Å². The Morgan fingerprint density at radius 2 is 2.00 bits per heavy atom. The first kappa shape index (κ1) is 15.3. The summed E-state index contributed by atoms with van der Waals surface area (Å²) in [6.07, 6.45) is 11.6. The molecule has 0 aromatic heterocycles. The standard InChI is InChI=1S/C18H31N3/c1-2-21(13-15-5-3-6-15)12-10-16-7-4-11-18(16,14-19)20-17-8-9-17/h15-17,20H,2-13H2,1H3. The minimum Gasteiger partial charge on any atom is -0.303 e. The molecule has 2 atom stereocenters. The third-order valence-corrected chi connectivity index (χ3v) is 6.04. The van der Waals surface area contributed by atoms with Crippen LogP contribution in [0.25, 0.3) is 0 Å². The van der Waals surface area contributed by atoms with Gasteiger partial charge in [-0.2, -0.15) is 5.26 Å². The molecule has 1 N–H and O–H groups in total. The average Bonchev–Trinajstić information content (AvgIpc) is 3.17. The van der Waals surface area contributed by atoms with Crippen LogP contribution in [0.15, 0.2) is 0 Å². The van der Waals surface area contributed by atoms with Crippen molar-refractivity contribution in [3.8, 4) is 6.07 Å². The van der Waals surface area contributed by atoms with Crippen molar-refractivity contribution in [1.29, 1.82) is 5.26 Å². The van der Waals surface area contributed by atoms with Crippen LogP contribution in [0.5, 0.6) is 0 Å². The van der Waals surface area contributed by atoms with Crippen LogP contribution < -0.4 is 5.32 Å². The molecule has 0 aromatic carbocycles. The zero-order chi connectivity index (χ0) is 14.7. The van der Waals surface area contributed by atoms with E-state index in [4.69, 9.17) is 0 Å². The highest BCUT2D eigenvalue weighted by molar-refractivity contribution is 5.16. The van der Waals surface area contributed by atoms with Crippen LogP contribution in [0.3, 0.4) is 0 Å². The smallest absolute Gasteiger partial charge is 0.109 e. The van der Waals surface area contributed by atoms with E-state index in [2.05, 4.69) is 23.2 Å². The molecule has 3 saturated carbocycles. The van der Waals surface area contributed by atoms with Gasteiger partial charge in [-0.15, -0.1) is 0 Å². The Balaban J connectivity index is 1.51. The fourth-order valence-corrected chi connectivity index (χ4v) is 4.19. The highest BCUT2D eigenvalue weighted by Crippen LogP contribution is 2.40. The number of hydrogen-bond donors (Lipinski definition) is 1. The summed E-state index contributed by atoms with van der Waals surface area (Å²) < 4.78 is 0. The lowest BCUT2D eigenvalue weighted by Gasteiger charge is -2.34. The van der Waals surface area contributed by atoms with E-state index in [1.165, 1.54) is 71.0 Å². The number of nitrogens with one attached hydrogen (secondary N) is 1. The molecule has 3 fully saturated rings. The summed E-state index contributed by atoms with van der Waals surface area (Å²) in [5, 5.41) is 13.4. The summed E-state index contributed by atoms with van der Waals surface area (Å²) in [4.78, 5) is 2.63. The second-order valence-electron chi connectivity index (χ2n) is 7.57. The van der Waals surface area contributed by atoms with Crippen LogP contribution in [0.4, 0.5) is 0 Å². The summed E-state index contributed by atoms with van der Waals surface area (Å²) in [5.41, 5.74) is -0.197. The first-order valence-corrected chi connectivity index (χ1v) is 9.17. The van der Waals surface area contributed by atoms with E-state index < -0.39 is 0 Å². The van der Waals surface area contributed by atoms with E-state index in [-0.39, 0.29) is 5.54 Å². The molecule has 2 unspecified atom stereocenters. The van der Waals surface area contributed by atoms with Crippen LogP contribution in [0, 0.1) is 23.2 Å². The SMILES string of the molecule is CCN(CCC1CCCC1(C#N)NC1CC1)CC1CCC1. The van der Waals surface area contributed by atoms with Gasteiger partial charge in [-0.25, -0.2) is 0 Å². The second-order valence-corrected chi connectivity index (χ2v) is 7.57. The Hall–Kier alpha value is -0.590. The lowest BCUT2D eigenvalue weighted by Crippen LogP contribution is -2.49. The maximum Gasteiger partial charge on any atom is 0.109 e.